The van der Waals surface area contributed by atoms with Crippen molar-refractivity contribution in [2.75, 3.05) is 26.2 Å². The predicted octanol–water partition coefficient (Wildman–Crippen LogP) is 2.95. The van der Waals surface area contributed by atoms with Crippen LogP contribution >= 0.6 is 0 Å². The molecule has 1 heterocycles. The Bertz CT molecular complexity index is 274. The fourth-order valence-corrected chi connectivity index (χ4v) is 2.26. The molecule has 0 saturated heterocycles. The van der Waals surface area contributed by atoms with Crippen LogP contribution in [-0.4, -0.2) is 37.3 Å². The molecule has 0 fully saturated rings. The summed E-state index contributed by atoms with van der Waals surface area (Å²) in [6.45, 7) is 4.72. The summed E-state index contributed by atoms with van der Waals surface area (Å²) in [5.74, 6) is 0.612. The van der Waals surface area contributed by atoms with E-state index in [1.165, 1.54) is 6.08 Å². The standard InChI is InChI=1S/C13H23F3N2/c1-11(4-7-17)3-2-8-18-9-5-12(6-10-18)13(14,15)16/h5,11H,2-4,6-10,17H2,1H3. The molecule has 1 aliphatic heterocycles. The second-order valence-corrected chi connectivity index (χ2v) is 5.10. The highest BCUT2D eigenvalue weighted by atomic mass is 19.4. The van der Waals surface area contributed by atoms with Gasteiger partial charge in [0.15, 0.2) is 0 Å². The van der Waals surface area contributed by atoms with Crippen LogP contribution in [-0.2, 0) is 0 Å². The molecule has 0 aliphatic carbocycles. The van der Waals surface area contributed by atoms with Gasteiger partial charge in [0.25, 0.3) is 0 Å². The summed E-state index contributed by atoms with van der Waals surface area (Å²) in [6, 6.07) is 0. The maximum Gasteiger partial charge on any atom is 0.412 e. The average molecular weight is 264 g/mol. The maximum absolute atomic E-state index is 12.4. The van der Waals surface area contributed by atoms with Crippen LogP contribution in [0.5, 0.6) is 0 Å². The Morgan fingerprint density at radius 2 is 2.11 bits per heavy atom. The number of rotatable bonds is 6. The van der Waals surface area contributed by atoms with Gasteiger partial charge in [-0.2, -0.15) is 13.2 Å². The van der Waals surface area contributed by atoms with E-state index in [1.807, 2.05) is 0 Å². The monoisotopic (exact) mass is 264 g/mol. The Hall–Kier alpha value is -0.550. The lowest BCUT2D eigenvalue weighted by Crippen LogP contribution is -2.32. The Morgan fingerprint density at radius 1 is 1.39 bits per heavy atom. The van der Waals surface area contributed by atoms with Crippen molar-refractivity contribution >= 4 is 0 Å². The summed E-state index contributed by atoms with van der Waals surface area (Å²) < 4.78 is 37.2. The third kappa shape index (κ3) is 5.40. The maximum atomic E-state index is 12.4. The van der Waals surface area contributed by atoms with Gasteiger partial charge in [0.1, 0.15) is 0 Å². The van der Waals surface area contributed by atoms with E-state index in [2.05, 4.69) is 11.8 Å². The zero-order valence-corrected chi connectivity index (χ0v) is 11.0. The number of hydrogen-bond acceptors (Lipinski definition) is 2. The quantitative estimate of drug-likeness (QED) is 0.747. The van der Waals surface area contributed by atoms with E-state index in [4.69, 9.17) is 5.73 Å². The molecule has 2 N–H and O–H groups in total. The molecule has 0 amide bonds. The van der Waals surface area contributed by atoms with Gasteiger partial charge in [-0.25, -0.2) is 0 Å². The van der Waals surface area contributed by atoms with Gasteiger partial charge in [0.05, 0.1) is 0 Å². The topological polar surface area (TPSA) is 29.3 Å². The van der Waals surface area contributed by atoms with Gasteiger partial charge in [-0.3, -0.25) is 4.90 Å². The lowest BCUT2D eigenvalue weighted by molar-refractivity contribution is -0.0960. The van der Waals surface area contributed by atoms with Gasteiger partial charge in [-0.05, 0) is 44.7 Å². The first-order chi connectivity index (χ1) is 8.43. The minimum Gasteiger partial charge on any atom is -0.330 e. The van der Waals surface area contributed by atoms with E-state index in [1.54, 1.807) is 0 Å². The average Bonchev–Trinajstić information content (AvgIpc) is 2.29. The van der Waals surface area contributed by atoms with E-state index in [9.17, 15) is 13.2 Å². The molecule has 2 nitrogen and oxygen atoms in total. The highest BCUT2D eigenvalue weighted by Crippen LogP contribution is 2.30. The normalized spacial score (nSPS) is 19.7. The largest absolute Gasteiger partial charge is 0.412 e. The van der Waals surface area contributed by atoms with Crippen LogP contribution in [0.2, 0.25) is 0 Å². The Kier molecular flexibility index (Phi) is 6.15. The van der Waals surface area contributed by atoms with Crippen LogP contribution < -0.4 is 5.73 Å². The van der Waals surface area contributed by atoms with Crippen molar-refractivity contribution in [3.63, 3.8) is 0 Å². The molecular formula is C13H23F3N2. The number of alkyl halides is 3. The van der Waals surface area contributed by atoms with E-state index in [0.29, 0.717) is 25.6 Å². The van der Waals surface area contributed by atoms with Gasteiger partial charge < -0.3 is 5.73 Å². The van der Waals surface area contributed by atoms with Gasteiger partial charge in [0, 0.05) is 18.7 Å². The molecule has 0 aromatic heterocycles. The lowest BCUT2D eigenvalue weighted by Gasteiger charge is -2.27. The smallest absolute Gasteiger partial charge is 0.330 e. The fraction of sp³-hybridized carbons (Fsp3) is 0.846. The van der Waals surface area contributed by atoms with E-state index in [-0.39, 0.29) is 12.0 Å². The summed E-state index contributed by atoms with van der Waals surface area (Å²) in [4.78, 5) is 2.09. The highest BCUT2D eigenvalue weighted by molar-refractivity contribution is 5.12. The first-order valence-electron chi connectivity index (χ1n) is 6.62. The zero-order chi connectivity index (χ0) is 13.6. The molecule has 1 rings (SSSR count). The third-order valence-corrected chi connectivity index (χ3v) is 3.49. The van der Waals surface area contributed by atoms with Crippen molar-refractivity contribution < 1.29 is 13.2 Å². The first kappa shape index (κ1) is 15.5. The van der Waals surface area contributed by atoms with Crippen LogP contribution in [0.1, 0.15) is 32.6 Å². The lowest BCUT2D eigenvalue weighted by atomic mass is 10.0. The van der Waals surface area contributed by atoms with Crippen molar-refractivity contribution in [1.82, 2.24) is 4.90 Å². The van der Waals surface area contributed by atoms with Crippen molar-refractivity contribution in [3.8, 4) is 0 Å². The first-order valence-corrected chi connectivity index (χ1v) is 6.62. The second kappa shape index (κ2) is 7.14. The number of nitrogens with zero attached hydrogens (tertiary/aromatic N) is 1. The summed E-state index contributed by atoms with van der Waals surface area (Å²) in [5.41, 5.74) is 5.11. The predicted molar refractivity (Wildman–Crippen MR) is 67.3 cm³/mol. The summed E-state index contributed by atoms with van der Waals surface area (Å²) in [5, 5.41) is 0. The van der Waals surface area contributed by atoms with E-state index in [0.717, 1.165) is 25.8 Å². The summed E-state index contributed by atoms with van der Waals surface area (Å²) in [7, 11) is 0. The SMILES string of the molecule is CC(CCN)CCCN1CC=C(C(F)(F)F)CC1. The Morgan fingerprint density at radius 3 is 2.61 bits per heavy atom. The van der Waals surface area contributed by atoms with Gasteiger partial charge >= 0.3 is 6.18 Å². The molecule has 0 aromatic rings. The molecule has 18 heavy (non-hydrogen) atoms. The molecule has 0 radical (unpaired) electrons. The van der Waals surface area contributed by atoms with Crippen LogP contribution in [0.4, 0.5) is 13.2 Å². The Balaban J connectivity index is 2.22. The highest BCUT2D eigenvalue weighted by Gasteiger charge is 2.34. The van der Waals surface area contributed by atoms with Gasteiger partial charge in [-0.1, -0.05) is 13.0 Å². The Labute approximate surface area is 107 Å². The van der Waals surface area contributed by atoms with Crippen molar-refractivity contribution in [2.45, 2.75) is 38.8 Å². The van der Waals surface area contributed by atoms with E-state index < -0.39 is 6.18 Å². The van der Waals surface area contributed by atoms with Gasteiger partial charge in [0.2, 0.25) is 0 Å². The second-order valence-electron chi connectivity index (χ2n) is 5.10. The van der Waals surface area contributed by atoms with E-state index >= 15 is 0 Å². The zero-order valence-electron chi connectivity index (χ0n) is 11.0. The number of halogens is 3. The number of hydrogen-bond donors (Lipinski definition) is 1. The summed E-state index contributed by atoms with van der Waals surface area (Å²) in [6.07, 6.45) is 0.481. The molecule has 0 saturated carbocycles. The van der Waals surface area contributed by atoms with Crippen LogP contribution in [0.15, 0.2) is 11.6 Å². The van der Waals surface area contributed by atoms with Crippen molar-refractivity contribution in [3.05, 3.63) is 11.6 Å². The molecule has 1 atom stereocenters. The molecule has 1 aliphatic rings. The van der Waals surface area contributed by atoms with Gasteiger partial charge in [-0.15, -0.1) is 0 Å². The molecule has 0 aromatic carbocycles. The summed E-state index contributed by atoms with van der Waals surface area (Å²) >= 11 is 0. The fourth-order valence-electron chi connectivity index (χ4n) is 2.26. The molecule has 0 bridgehead atoms. The number of nitrogens with two attached hydrogens (primary N) is 1. The minimum absolute atomic E-state index is 0.127. The minimum atomic E-state index is -4.14. The molecule has 1 unspecified atom stereocenters. The molecule has 5 heteroatoms. The molecular weight excluding hydrogens is 241 g/mol. The molecule has 0 spiro atoms. The van der Waals surface area contributed by atoms with Crippen LogP contribution in [0.3, 0.4) is 0 Å². The molecule has 106 valence electrons. The van der Waals surface area contributed by atoms with Crippen molar-refractivity contribution in [1.29, 1.82) is 0 Å². The van der Waals surface area contributed by atoms with Crippen LogP contribution in [0, 0.1) is 5.92 Å². The third-order valence-electron chi connectivity index (χ3n) is 3.49. The van der Waals surface area contributed by atoms with Crippen molar-refractivity contribution in [2.24, 2.45) is 11.7 Å². The van der Waals surface area contributed by atoms with Crippen LogP contribution in [0.25, 0.3) is 0 Å².